The van der Waals surface area contributed by atoms with Crippen LogP contribution in [0.4, 0.5) is 0 Å². The van der Waals surface area contributed by atoms with Crippen molar-refractivity contribution in [1.29, 1.82) is 0 Å². The fourth-order valence-electron chi connectivity index (χ4n) is 3.60. The molecule has 0 aliphatic rings. The van der Waals surface area contributed by atoms with Gasteiger partial charge in [0.2, 0.25) is 0 Å². The van der Waals surface area contributed by atoms with E-state index in [0.29, 0.717) is 27.5 Å². The molecule has 2 aromatic carbocycles. The van der Waals surface area contributed by atoms with E-state index in [-0.39, 0.29) is 17.2 Å². The van der Waals surface area contributed by atoms with Crippen molar-refractivity contribution in [3.05, 3.63) is 70.1 Å². The second-order valence-electron chi connectivity index (χ2n) is 8.27. The minimum atomic E-state index is -1.36. The smallest absolute Gasteiger partial charge is 0.339 e. The van der Waals surface area contributed by atoms with E-state index in [1.165, 1.54) is 4.57 Å². The monoisotopic (exact) mass is 422 g/mol. The van der Waals surface area contributed by atoms with E-state index >= 15 is 0 Å². The van der Waals surface area contributed by atoms with Crippen LogP contribution in [-0.4, -0.2) is 34.2 Å². The summed E-state index contributed by atoms with van der Waals surface area (Å²) in [6.45, 7) is 5.29. The summed E-state index contributed by atoms with van der Waals surface area (Å²) >= 11 is 0. The van der Waals surface area contributed by atoms with Gasteiger partial charge in [0.15, 0.2) is 6.10 Å². The number of ether oxygens (including phenoxy) is 1. The highest BCUT2D eigenvalue weighted by molar-refractivity contribution is 6.00. The molecule has 1 amide bonds. The van der Waals surface area contributed by atoms with Crippen molar-refractivity contribution < 1.29 is 19.4 Å². The summed E-state index contributed by atoms with van der Waals surface area (Å²) in [5.74, 6) is -1.42. The number of carboxylic acid groups (broad SMARTS) is 1. The van der Waals surface area contributed by atoms with Crippen molar-refractivity contribution in [2.24, 2.45) is 7.05 Å². The zero-order valence-corrected chi connectivity index (χ0v) is 18.2. The number of amides is 1. The van der Waals surface area contributed by atoms with Crippen LogP contribution < -0.4 is 10.9 Å². The van der Waals surface area contributed by atoms with Crippen LogP contribution in [0.1, 0.15) is 42.9 Å². The van der Waals surface area contributed by atoms with Crippen molar-refractivity contribution in [3.8, 4) is 11.1 Å². The molecular weight excluding hydrogens is 396 g/mol. The molecule has 31 heavy (non-hydrogen) atoms. The Hall–Kier alpha value is -3.45. The van der Waals surface area contributed by atoms with Gasteiger partial charge in [0.05, 0.1) is 11.3 Å². The molecule has 1 atom stereocenters. The van der Waals surface area contributed by atoms with E-state index in [4.69, 9.17) is 4.74 Å². The third-order valence-electron chi connectivity index (χ3n) is 4.96. The molecule has 0 saturated carbocycles. The Balaban J connectivity index is 2.39. The maximum atomic E-state index is 13.1. The minimum absolute atomic E-state index is 0.225. The normalized spacial score (nSPS) is 12.5. The zero-order chi connectivity index (χ0) is 22.9. The van der Waals surface area contributed by atoms with Crippen LogP contribution in [0.2, 0.25) is 0 Å². The Labute approximate surface area is 180 Å². The molecule has 0 radical (unpaired) electrons. The third-order valence-corrected chi connectivity index (χ3v) is 4.96. The molecule has 0 fully saturated rings. The summed E-state index contributed by atoms with van der Waals surface area (Å²) in [7, 11) is 3.10. The molecule has 3 aromatic rings. The quantitative estimate of drug-likeness (QED) is 0.656. The van der Waals surface area contributed by atoms with Crippen LogP contribution in [0, 0.1) is 0 Å². The summed E-state index contributed by atoms with van der Waals surface area (Å²) < 4.78 is 7.23. The lowest BCUT2D eigenvalue weighted by Gasteiger charge is -2.28. The van der Waals surface area contributed by atoms with Gasteiger partial charge in [0.1, 0.15) is 0 Å². The Morgan fingerprint density at radius 2 is 1.61 bits per heavy atom. The Morgan fingerprint density at radius 3 is 2.13 bits per heavy atom. The van der Waals surface area contributed by atoms with E-state index in [2.05, 4.69) is 5.32 Å². The largest absolute Gasteiger partial charge is 0.479 e. The highest BCUT2D eigenvalue weighted by Crippen LogP contribution is 2.36. The van der Waals surface area contributed by atoms with Crippen molar-refractivity contribution >= 4 is 22.6 Å². The second-order valence-corrected chi connectivity index (χ2v) is 8.27. The lowest BCUT2D eigenvalue weighted by Crippen LogP contribution is -2.32. The van der Waals surface area contributed by atoms with Crippen LogP contribution in [0.5, 0.6) is 0 Å². The molecule has 1 heterocycles. The molecule has 0 aliphatic heterocycles. The van der Waals surface area contributed by atoms with Gasteiger partial charge in [-0.05, 0) is 49.9 Å². The minimum Gasteiger partial charge on any atom is -0.479 e. The van der Waals surface area contributed by atoms with E-state index in [1.54, 1.807) is 83.4 Å². The summed E-state index contributed by atoms with van der Waals surface area (Å²) in [5, 5.41) is 13.7. The van der Waals surface area contributed by atoms with Crippen molar-refractivity contribution in [1.82, 2.24) is 9.88 Å². The van der Waals surface area contributed by atoms with E-state index in [0.717, 1.165) is 0 Å². The Kier molecular flexibility index (Phi) is 5.99. The molecule has 2 N–H and O–H groups in total. The summed E-state index contributed by atoms with van der Waals surface area (Å²) in [6, 6.07) is 13.9. The van der Waals surface area contributed by atoms with Crippen LogP contribution in [0.15, 0.2) is 53.3 Å². The highest BCUT2D eigenvalue weighted by Gasteiger charge is 2.32. The zero-order valence-electron chi connectivity index (χ0n) is 18.2. The third kappa shape index (κ3) is 4.36. The molecule has 7 nitrogen and oxygen atoms in total. The van der Waals surface area contributed by atoms with Gasteiger partial charge in [-0.3, -0.25) is 9.59 Å². The number of aromatic nitrogens is 1. The average molecular weight is 422 g/mol. The first-order chi connectivity index (χ1) is 14.5. The van der Waals surface area contributed by atoms with E-state index in [9.17, 15) is 19.5 Å². The molecule has 162 valence electrons. The van der Waals surface area contributed by atoms with Gasteiger partial charge in [0, 0.05) is 30.6 Å². The van der Waals surface area contributed by atoms with Gasteiger partial charge in [0.25, 0.3) is 11.5 Å². The molecular formula is C24H26N2O5. The fourth-order valence-corrected chi connectivity index (χ4v) is 3.60. The lowest BCUT2D eigenvalue weighted by atomic mass is 9.93. The maximum Gasteiger partial charge on any atom is 0.339 e. The predicted octanol–water partition coefficient (Wildman–Crippen LogP) is 3.51. The fraction of sp³-hybridized carbons (Fsp3) is 0.292. The van der Waals surface area contributed by atoms with Crippen molar-refractivity contribution in [2.75, 3.05) is 7.05 Å². The van der Waals surface area contributed by atoms with Gasteiger partial charge < -0.3 is 19.7 Å². The molecule has 0 bridgehead atoms. The van der Waals surface area contributed by atoms with Gasteiger partial charge in [-0.15, -0.1) is 0 Å². The summed E-state index contributed by atoms with van der Waals surface area (Å²) in [6.07, 6.45) is -1.36. The Bertz CT molecular complexity index is 1200. The number of fused-ring (bicyclic) bond motifs is 1. The highest BCUT2D eigenvalue weighted by atomic mass is 16.5. The second kappa shape index (κ2) is 8.35. The molecule has 0 spiro atoms. The topological polar surface area (TPSA) is 97.6 Å². The predicted molar refractivity (Wildman–Crippen MR) is 119 cm³/mol. The molecule has 3 rings (SSSR count). The first kappa shape index (κ1) is 22.2. The maximum absolute atomic E-state index is 13.1. The standard InChI is InChI=1S/C24H26N2O5/c1-24(2,3)31-20(23(29)30)19-18(14-10-12-15(13-11-14)21(27)25-4)16-8-6-7-9-17(16)22(28)26(19)5/h6-13,20H,1-5H3,(H,25,27)(H,29,30). The van der Waals surface area contributed by atoms with Gasteiger partial charge in [-0.1, -0.05) is 30.3 Å². The van der Waals surface area contributed by atoms with E-state index < -0.39 is 17.7 Å². The number of hydrogen-bond donors (Lipinski definition) is 2. The molecule has 0 saturated heterocycles. The average Bonchev–Trinajstić information content (AvgIpc) is 2.73. The number of carboxylic acids is 1. The molecule has 1 unspecified atom stereocenters. The molecule has 1 aromatic heterocycles. The van der Waals surface area contributed by atoms with Gasteiger partial charge in [-0.25, -0.2) is 4.79 Å². The number of carbonyl (C=O) groups is 2. The van der Waals surface area contributed by atoms with Gasteiger partial charge >= 0.3 is 5.97 Å². The number of nitrogens with zero attached hydrogens (tertiary/aromatic N) is 1. The van der Waals surface area contributed by atoms with E-state index in [1.807, 2.05) is 0 Å². The first-order valence-corrected chi connectivity index (χ1v) is 9.90. The number of nitrogens with one attached hydrogen (secondary N) is 1. The summed E-state index contributed by atoms with van der Waals surface area (Å²) in [4.78, 5) is 37.3. The lowest BCUT2D eigenvalue weighted by molar-refractivity contribution is -0.161. The summed E-state index contributed by atoms with van der Waals surface area (Å²) in [5.41, 5.74) is 0.919. The van der Waals surface area contributed by atoms with Crippen molar-refractivity contribution in [3.63, 3.8) is 0 Å². The van der Waals surface area contributed by atoms with Crippen LogP contribution in [-0.2, 0) is 16.6 Å². The van der Waals surface area contributed by atoms with Gasteiger partial charge in [-0.2, -0.15) is 0 Å². The van der Waals surface area contributed by atoms with Crippen molar-refractivity contribution in [2.45, 2.75) is 32.5 Å². The number of hydrogen-bond acceptors (Lipinski definition) is 4. The molecule has 7 heteroatoms. The van der Waals surface area contributed by atoms with Crippen LogP contribution >= 0.6 is 0 Å². The number of aliphatic carboxylic acids is 1. The number of carbonyl (C=O) groups excluding carboxylic acids is 1. The van der Waals surface area contributed by atoms with Crippen LogP contribution in [0.3, 0.4) is 0 Å². The molecule has 0 aliphatic carbocycles. The van der Waals surface area contributed by atoms with Crippen LogP contribution in [0.25, 0.3) is 21.9 Å². The number of pyridine rings is 1. The number of benzene rings is 2. The number of rotatable bonds is 5. The first-order valence-electron chi connectivity index (χ1n) is 9.90. The SMILES string of the molecule is CNC(=O)c1ccc(-c2c(C(OC(C)(C)C)C(=O)O)n(C)c(=O)c3ccccc23)cc1. The Morgan fingerprint density at radius 1 is 1.03 bits per heavy atom.